The van der Waals surface area contributed by atoms with Gasteiger partial charge in [-0.3, -0.25) is 14.5 Å². The van der Waals surface area contributed by atoms with Crippen LogP contribution in [0, 0.1) is 0 Å². The first-order valence-electron chi connectivity index (χ1n) is 8.56. The van der Waals surface area contributed by atoms with Crippen LogP contribution in [-0.4, -0.2) is 22.6 Å². The van der Waals surface area contributed by atoms with E-state index in [1.165, 1.54) is 22.4 Å². The quantitative estimate of drug-likeness (QED) is 0.702. The maximum atomic E-state index is 12.3. The maximum Gasteiger partial charge on any atom is 0.293 e. The highest BCUT2D eigenvalue weighted by molar-refractivity contribution is 8.18. The summed E-state index contributed by atoms with van der Waals surface area (Å²) in [6, 6.07) is 6.48. The van der Waals surface area contributed by atoms with Crippen LogP contribution in [0.1, 0.15) is 64.2 Å². The Balaban J connectivity index is 2.02. The highest BCUT2D eigenvalue weighted by atomic mass is 32.2. The summed E-state index contributed by atoms with van der Waals surface area (Å²) in [5.74, 6) is -0.176. The molecule has 1 aromatic rings. The third kappa shape index (κ3) is 2.81. The van der Waals surface area contributed by atoms with E-state index in [4.69, 9.17) is 0 Å². The Kier molecular flexibility index (Phi) is 4.15. The molecule has 24 heavy (non-hydrogen) atoms. The molecule has 0 bridgehead atoms. The Labute approximate surface area is 148 Å². The van der Waals surface area contributed by atoms with Crippen molar-refractivity contribution in [2.75, 3.05) is 6.54 Å². The standard InChI is InChI=1S/C20H25NO2S/c1-6-21-17(22)16(24-18(21)23)12-13-7-8-14-15(11-13)20(4,5)10-9-19(14,2)3/h7-8,11-12H,6,9-10H2,1-5H3/b16-12-. The molecule has 1 heterocycles. The van der Waals surface area contributed by atoms with Crippen molar-refractivity contribution in [2.24, 2.45) is 0 Å². The molecule has 3 nitrogen and oxygen atoms in total. The van der Waals surface area contributed by atoms with Crippen molar-refractivity contribution in [2.45, 2.75) is 58.3 Å². The molecule has 2 aliphatic rings. The molecule has 4 heteroatoms. The van der Waals surface area contributed by atoms with E-state index in [1.54, 1.807) is 0 Å². The minimum Gasteiger partial charge on any atom is -0.269 e. The summed E-state index contributed by atoms with van der Waals surface area (Å²) < 4.78 is 0. The van der Waals surface area contributed by atoms with Crippen LogP contribution in [0.2, 0.25) is 0 Å². The summed E-state index contributed by atoms with van der Waals surface area (Å²) in [5, 5.41) is -0.173. The smallest absolute Gasteiger partial charge is 0.269 e. The summed E-state index contributed by atoms with van der Waals surface area (Å²) in [5.41, 5.74) is 4.09. The highest BCUT2D eigenvalue weighted by Gasteiger charge is 2.37. The molecule has 128 valence electrons. The lowest BCUT2D eigenvalue weighted by Gasteiger charge is -2.42. The molecule has 1 aliphatic carbocycles. The van der Waals surface area contributed by atoms with Crippen molar-refractivity contribution < 1.29 is 9.59 Å². The Morgan fingerprint density at radius 3 is 2.29 bits per heavy atom. The average molecular weight is 343 g/mol. The average Bonchev–Trinajstić information content (AvgIpc) is 2.78. The topological polar surface area (TPSA) is 37.4 Å². The molecular formula is C20H25NO2S. The van der Waals surface area contributed by atoms with Crippen molar-refractivity contribution in [1.82, 2.24) is 4.90 Å². The van der Waals surface area contributed by atoms with E-state index in [0.717, 1.165) is 23.7 Å². The molecular weight excluding hydrogens is 318 g/mol. The Hall–Kier alpha value is -1.55. The number of hydrogen-bond donors (Lipinski definition) is 0. The monoisotopic (exact) mass is 343 g/mol. The number of fused-ring (bicyclic) bond motifs is 1. The first-order valence-corrected chi connectivity index (χ1v) is 9.38. The molecule has 1 aliphatic heterocycles. The number of thioether (sulfide) groups is 1. The van der Waals surface area contributed by atoms with Gasteiger partial charge in [0.15, 0.2) is 0 Å². The molecule has 0 spiro atoms. The second-order valence-electron chi connectivity index (χ2n) is 8.00. The van der Waals surface area contributed by atoms with Crippen LogP contribution < -0.4 is 0 Å². The third-order valence-corrected chi connectivity index (χ3v) is 6.27. The first-order chi connectivity index (χ1) is 11.2. The van der Waals surface area contributed by atoms with Gasteiger partial charge in [0, 0.05) is 6.54 Å². The lowest BCUT2D eigenvalue weighted by Crippen LogP contribution is -2.33. The van der Waals surface area contributed by atoms with Crippen LogP contribution >= 0.6 is 11.8 Å². The van der Waals surface area contributed by atoms with E-state index in [2.05, 4.69) is 45.9 Å². The minimum absolute atomic E-state index is 0.136. The van der Waals surface area contributed by atoms with Crippen LogP contribution in [0.5, 0.6) is 0 Å². The molecule has 0 N–H and O–H groups in total. The number of amides is 2. The Morgan fingerprint density at radius 1 is 1.08 bits per heavy atom. The minimum atomic E-state index is -0.176. The van der Waals surface area contributed by atoms with Gasteiger partial charge in [0.05, 0.1) is 4.91 Å². The van der Waals surface area contributed by atoms with Crippen LogP contribution in [-0.2, 0) is 15.6 Å². The SMILES string of the molecule is CCN1C(=O)S/C(=C\c2ccc3c(c2)C(C)(C)CCC3(C)C)C1=O. The predicted octanol–water partition coefficient (Wildman–Crippen LogP) is 5.09. The van der Waals surface area contributed by atoms with Crippen molar-refractivity contribution in [3.05, 3.63) is 39.8 Å². The third-order valence-electron chi connectivity index (χ3n) is 5.36. The fourth-order valence-corrected chi connectivity index (χ4v) is 4.52. The fraction of sp³-hybridized carbons (Fsp3) is 0.500. The van der Waals surface area contributed by atoms with Crippen LogP contribution in [0.25, 0.3) is 6.08 Å². The zero-order valence-corrected chi connectivity index (χ0v) is 15.9. The Morgan fingerprint density at radius 2 is 1.71 bits per heavy atom. The predicted molar refractivity (Wildman–Crippen MR) is 100 cm³/mol. The first kappa shape index (κ1) is 17.3. The number of rotatable bonds is 2. The van der Waals surface area contributed by atoms with Crippen molar-refractivity contribution in [3.8, 4) is 0 Å². The van der Waals surface area contributed by atoms with Gasteiger partial charge < -0.3 is 0 Å². The number of hydrogen-bond acceptors (Lipinski definition) is 3. The van der Waals surface area contributed by atoms with Gasteiger partial charge in [0.2, 0.25) is 0 Å². The van der Waals surface area contributed by atoms with Crippen molar-refractivity contribution in [3.63, 3.8) is 0 Å². The maximum absolute atomic E-state index is 12.3. The van der Waals surface area contributed by atoms with Gasteiger partial charge in [-0.2, -0.15) is 0 Å². The van der Waals surface area contributed by atoms with Gasteiger partial charge in [0.1, 0.15) is 0 Å². The molecule has 1 saturated heterocycles. The van der Waals surface area contributed by atoms with E-state index >= 15 is 0 Å². The van der Waals surface area contributed by atoms with Crippen LogP contribution in [0.4, 0.5) is 4.79 Å². The second-order valence-corrected chi connectivity index (χ2v) is 8.99. The van der Waals surface area contributed by atoms with Gasteiger partial charge in [-0.1, -0.05) is 45.9 Å². The molecule has 2 amide bonds. The molecule has 1 aromatic carbocycles. The lowest BCUT2D eigenvalue weighted by molar-refractivity contribution is -0.122. The number of carbonyl (C=O) groups is 2. The van der Waals surface area contributed by atoms with E-state index in [0.29, 0.717) is 11.4 Å². The van der Waals surface area contributed by atoms with E-state index in [1.807, 2.05) is 13.0 Å². The summed E-state index contributed by atoms with van der Waals surface area (Å²) in [6.45, 7) is 11.4. The van der Waals surface area contributed by atoms with E-state index in [-0.39, 0.29) is 22.0 Å². The zero-order chi connectivity index (χ0) is 17.7. The van der Waals surface area contributed by atoms with E-state index in [9.17, 15) is 9.59 Å². The molecule has 0 radical (unpaired) electrons. The van der Waals surface area contributed by atoms with Crippen molar-refractivity contribution >= 4 is 29.0 Å². The number of carbonyl (C=O) groups excluding carboxylic acids is 2. The molecule has 0 unspecified atom stereocenters. The lowest BCUT2D eigenvalue weighted by atomic mass is 9.63. The molecule has 0 aromatic heterocycles. The van der Waals surface area contributed by atoms with Gasteiger partial charge in [-0.15, -0.1) is 0 Å². The van der Waals surface area contributed by atoms with Crippen LogP contribution in [0.3, 0.4) is 0 Å². The summed E-state index contributed by atoms with van der Waals surface area (Å²) in [7, 11) is 0. The number of nitrogens with zero attached hydrogens (tertiary/aromatic N) is 1. The summed E-state index contributed by atoms with van der Waals surface area (Å²) in [4.78, 5) is 26.0. The van der Waals surface area contributed by atoms with Gasteiger partial charge in [0.25, 0.3) is 11.1 Å². The van der Waals surface area contributed by atoms with Crippen molar-refractivity contribution in [1.29, 1.82) is 0 Å². The number of imide groups is 1. The molecule has 0 atom stereocenters. The number of likely N-dealkylation sites (N-methyl/N-ethyl adjacent to an activating group) is 1. The number of benzene rings is 1. The van der Waals surface area contributed by atoms with E-state index < -0.39 is 0 Å². The highest BCUT2D eigenvalue weighted by Crippen LogP contribution is 2.46. The summed E-state index contributed by atoms with van der Waals surface area (Å²) >= 11 is 1.04. The largest absolute Gasteiger partial charge is 0.293 e. The fourth-order valence-electron chi connectivity index (χ4n) is 3.62. The second kappa shape index (κ2) is 5.76. The molecule has 0 saturated carbocycles. The molecule has 3 rings (SSSR count). The van der Waals surface area contributed by atoms with Gasteiger partial charge in [-0.05, 0) is 65.1 Å². The van der Waals surface area contributed by atoms with Gasteiger partial charge >= 0.3 is 0 Å². The van der Waals surface area contributed by atoms with Gasteiger partial charge in [-0.25, -0.2) is 0 Å². The van der Waals surface area contributed by atoms with Crippen LogP contribution in [0.15, 0.2) is 23.1 Å². The molecule has 1 fully saturated rings. The Bertz CT molecular complexity index is 746. The zero-order valence-electron chi connectivity index (χ0n) is 15.1. The summed E-state index contributed by atoms with van der Waals surface area (Å²) in [6.07, 6.45) is 4.20. The normalized spacial score (nSPS) is 23.7.